The number of carboxylic acids is 1. The third-order valence-corrected chi connectivity index (χ3v) is 6.18. The molecule has 0 saturated heterocycles. The van der Waals surface area contributed by atoms with Crippen LogP contribution in [0.25, 0.3) is 10.9 Å². The van der Waals surface area contributed by atoms with E-state index in [9.17, 15) is 15.0 Å². The largest absolute Gasteiger partial charge is 0.493 e. The Morgan fingerprint density at radius 3 is 2.94 bits per heavy atom. The molecule has 180 valence electrons. The Kier molecular flexibility index (Phi) is 6.58. The number of anilines is 1. The summed E-state index contributed by atoms with van der Waals surface area (Å²) in [6.07, 6.45) is 7.53. The topological polar surface area (TPSA) is 122 Å². The number of rotatable bonds is 9. The van der Waals surface area contributed by atoms with E-state index in [0.717, 1.165) is 53.1 Å². The van der Waals surface area contributed by atoms with E-state index in [0.29, 0.717) is 24.2 Å². The molecule has 0 radical (unpaired) electrons. The molecule has 1 aromatic carbocycles. The van der Waals surface area contributed by atoms with Crippen LogP contribution in [0.15, 0.2) is 55.0 Å². The number of aromatic nitrogens is 4. The average molecular weight is 474 g/mol. The van der Waals surface area contributed by atoms with Crippen LogP contribution in [0.4, 0.5) is 5.69 Å². The second-order valence-corrected chi connectivity index (χ2v) is 8.63. The second-order valence-electron chi connectivity index (χ2n) is 8.63. The maximum Gasteiger partial charge on any atom is 0.305 e. The van der Waals surface area contributed by atoms with E-state index in [-0.39, 0.29) is 13.0 Å². The van der Waals surface area contributed by atoms with Crippen LogP contribution in [-0.2, 0) is 24.2 Å². The van der Waals surface area contributed by atoms with Crippen molar-refractivity contribution in [3.63, 3.8) is 0 Å². The highest BCUT2D eigenvalue weighted by Gasteiger charge is 2.21. The summed E-state index contributed by atoms with van der Waals surface area (Å²) in [4.78, 5) is 20.5. The summed E-state index contributed by atoms with van der Waals surface area (Å²) < 4.78 is 7.68. The zero-order chi connectivity index (χ0) is 24.2. The molecule has 9 nitrogen and oxygen atoms in total. The Hall–Kier alpha value is -3.98. The lowest BCUT2D eigenvalue weighted by Gasteiger charge is -2.18. The molecule has 35 heavy (non-hydrogen) atoms. The van der Waals surface area contributed by atoms with Crippen LogP contribution in [0, 0.1) is 0 Å². The smallest absolute Gasteiger partial charge is 0.305 e. The molecule has 1 aliphatic rings. The Balaban J connectivity index is 1.32. The van der Waals surface area contributed by atoms with Crippen LogP contribution in [0.1, 0.15) is 41.4 Å². The SMILES string of the molecule is O=C(O)CC(c1cncc(CO)c1)n1ncc2cc(OCCc3ccc4c(n3)CCCN4)ccc21. The first-order valence-electron chi connectivity index (χ1n) is 11.7. The van der Waals surface area contributed by atoms with E-state index in [2.05, 4.69) is 21.5 Å². The number of ether oxygens (including phenoxy) is 1. The van der Waals surface area contributed by atoms with Crippen LogP contribution in [0.5, 0.6) is 5.75 Å². The predicted octanol–water partition coefficient (Wildman–Crippen LogP) is 3.36. The maximum atomic E-state index is 11.6. The monoisotopic (exact) mass is 473 g/mol. The molecular weight excluding hydrogens is 446 g/mol. The van der Waals surface area contributed by atoms with Crippen molar-refractivity contribution in [2.24, 2.45) is 0 Å². The molecule has 3 aromatic heterocycles. The first kappa shape index (κ1) is 22.8. The first-order chi connectivity index (χ1) is 17.1. The van der Waals surface area contributed by atoms with Gasteiger partial charge in [0, 0.05) is 36.4 Å². The lowest BCUT2D eigenvalue weighted by Crippen LogP contribution is -2.17. The molecular formula is C26H27N5O4. The molecule has 0 amide bonds. The van der Waals surface area contributed by atoms with Gasteiger partial charge in [-0.1, -0.05) is 0 Å². The Morgan fingerprint density at radius 1 is 1.17 bits per heavy atom. The molecule has 1 aliphatic heterocycles. The van der Waals surface area contributed by atoms with Crippen molar-refractivity contribution in [2.75, 3.05) is 18.5 Å². The number of hydrogen-bond donors (Lipinski definition) is 3. The molecule has 0 saturated carbocycles. The summed E-state index contributed by atoms with van der Waals surface area (Å²) in [5, 5.41) is 27.7. The van der Waals surface area contributed by atoms with Gasteiger partial charge in [0.25, 0.3) is 0 Å². The number of carbonyl (C=O) groups is 1. The van der Waals surface area contributed by atoms with Crippen molar-refractivity contribution >= 4 is 22.6 Å². The molecule has 1 atom stereocenters. The number of aliphatic hydroxyl groups is 1. The van der Waals surface area contributed by atoms with Crippen LogP contribution in [0.3, 0.4) is 0 Å². The van der Waals surface area contributed by atoms with E-state index >= 15 is 0 Å². The lowest BCUT2D eigenvalue weighted by molar-refractivity contribution is -0.137. The highest BCUT2D eigenvalue weighted by Crippen LogP contribution is 2.29. The summed E-state index contributed by atoms with van der Waals surface area (Å²) in [5.41, 5.74) is 5.35. The molecule has 3 N–H and O–H groups in total. The summed E-state index contributed by atoms with van der Waals surface area (Å²) in [6, 6.07) is 11.0. The Labute approximate surface area is 202 Å². The number of pyridine rings is 2. The molecule has 0 aliphatic carbocycles. The van der Waals surface area contributed by atoms with E-state index in [4.69, 9.17) is 9.72 Å². The Morgan fingerprint density at radius 2 is 2.09 bits per heavy atom. The van der Waals surface area contributed by atoms with Gasteiger partial charge in [-0.15, -0.1) is 0 Å². The number of carboxylic acid groups (broad SMARTS) is 1. The molecule has 1 unspecified atom stereocenters. The van der Waals surface area contributed by atoms with Crippen molar-refractivity contribution in [1.82, 2.24) is 19.7 Å². The van der Waals surface area contributed by atoms with Crippen LogP contribution in [0.2, 0.25) is 0 Å². The van der Waals surface area contributed by atoms with Crippen LogP contribution >= 0.6 is 0 Å². The van der Waals surface area contributed by atoms with Crippen molar-refractivity contribution in [3.8, 4) is 5.75 Å². The molecule has 4 aromatic rings. The zero-order valence-electron chi connectivity index (χ0n) is 19.2. The van der Waals surface area contributed by atoms with E-state index in [1.165, 1.54) is 0 Å². The second kappa shape index (κ2) is 10.1. The summed E-state index contributed by atoms with van der Waals surface area (Å²) >= 11 is 0. The third kappa shape index (κ3) is 5.09. The number of aliphatic hydroxyl groups excluding tert-OH is 1. The van der Waals surface area contributed by atoms with Crippen molar-refractivity contribution < 1.29 is 19.7 Å². The molecule has 0 spiro atoms. The third-order valence-electron chi connectivity index (χ3n) is 6.18. The molecule has 5 rings (SSSR count). The number of nitrogens with zero attached hydrogens (tertiary/aromatic N) is 4. The molecule has 0 fully saturated rings. The maximum absolute atomic E-state index is 11.6. The minimum Gasteiger partial charge on any atom is -0.493 e. The van der Waals surface area contributed by atoms with Gasteiger partial charge in [0.05, 0.1) is 48.8 Å². The van der Waals surface area contributed by atoms with Gasteiger partial charge in [0.2, 0.25) is 0 Å². The Bertz CT molecular complexity index is 1350. The minimum atomic E-state index is -0.945. The number of fused-ring (bicyclic) bond motifs is 2. The molecule has 0 bridgehead atoms. The van der Waals surface area contributed by atoms with Crippen molar-refractivity contribution in [3.05, 3.63) is 77.5 Å². The average Bonchev–Trinajstić information content (AvgIpc) is 3.30. The summed E-state index contributed by atoms with van der Waals surface area (Å²) in [7, 11) is 0. The van der Waals surface area contributed by atoms with Crippen molar-refractivity contribution in [2.45, 2.75) is 38.3 Å². The molecule has 9 heteroatoms. The number of nitrogens with one attached hydrogen (secondary N) is 1. The quantitative estimate of drug-likeness (QED) is 0.338. The molecule has 4 heterocycles. The van der Waals surface area contributed by atoms with Crippen LogP contribution in [-0.4, -0.2) is 49.1 Å². The number of aryl methyl sites for hydroxylation is 1. The normalized spacial score (nSPS) is 13.7. The van der Waals surface area contributed by atoms with Gasteiger partial charge in [0.15, 0.2) is 0 Å². The zero-order valence-corrected chi connectivity index (χ0v) is 19.2. The fourth-order valence-corrected chi connectivity index (χ4v) is 4.45. The van der Waals surface area contributed by atoms with Gasteiger partial charge >= 0.3 is 5.97 Å². The van der Waals surface area contributed by atoms with Gasteiger partial charge < -0.3 is 20.3 Å². The number of aliphatic carboxylic acids is 1. The minimum absolute atomic E-state index is 0.158. The number of benzene rings is 1. The fraction of sp³-hybridized carbons (Fsp3) is 0.308. The van der Waals surface area contributed by atoms with Gasteiger partial charge in [0.1, 0.15) is 5.75 Å². The van der Waals surface area contributed by atoms with E-state index in [1.54, 1.807) is 29.3 Å². The lowest BCUT2D eigenvalue weighted by atomic mass is 10.0. The fourth-order valence-electron chi connectivity index (χ4n) is 4.45. The van der Waals surface area contributed by atoms with Gasteiger partial charge in [-0.25, -0.2) is 0 Å². The van der Waals surface area contributed by atoms with Crippen LogP contribution < -0.4 is 10.1 Å². The predicted molar refractivity (Wildman–Crippen MR) is 131 cm³/mol. The summed E-state index contributed by atoms with van der Waals surface area (Å²) in [6.45, 7) is 1.33. The van der Waals surface area contributed by atoms with E-state index in [1.807, 2.05) is 24.3 Å². The first-order valence-corrected chi connectivity index (χ1v) is 11.7. The number of hydrogen-bond acceptors (Lipinski definition) is 7. The van der Waals surface area contributed by atoms with Gasteiger partial charge in [-0.2, -0.15) is 5.10 Å². The summed E-state index contributed by atoms with van der Waals surface area (Å²) in [5.74, 6) is -0.227. The van der Waals surface area contributed by atoms with Crippen molar-refractivity contribution in [1.29, 1.82) is 0 Å². The van der Waals surface area contributed by atoms with Gasteiger partial charge in [-0.05, 0) is 60.4 Å². The van der Waals surface area contributed by atoms with Gasteiger partial charge in [-0.3, -0.25) is 19.4 Å². The standard InChI is InChI=1S/C26H27N5O4/c32-16-17-10-18(14-27-13-17)25(12-26(33)34)31-24-6-4-21(11-19(24)15-29-31)35-9-7-20-3-5-22-23(30-20)2-1-8-28-22/h3-6,10-11,13-15,25,28,32H,1-2,7-9,12,16H2,(H,33,34). The highest BCUT2D eigenvalue weighted by molar-refractivity contribution is 5.81. The highest BCUT2D eigenvalue weighted by atomic mass is 16.5. The van der Waals surface area contributed by atoms with E-state index < -0.39 is 12.0 Å².